The third-order valence-electron chi connectivity index (χ3n) is 5.69. The second-order valence-corrected chi connectivity index (χ2v) is 8.01. The highest BCUT2D eigenvalue weighted by Crippen LogP contribution is 2.37. The number of carboxylic acid groups (broad SMARTS) is 1. The molecule has 0 saturated heterocycles. The van der Waals surface area contributed by atoms with Gasteiger partial charge < -0.3 is 25.2 Å². The van der Waals surface area contributed by atoms with Crippen LogP contribution in [0.5, 0.6) is 0 Å². The quantitative estimate of drug-likeness (QED) is 0.229. The van der Waals surface area contributed by atoms with Crippen molar-refractivity contribution in [3.63, 3.8) is 0 Å². The van der Waals surface area contributed by atoms with Crippen molar-refractivity contribution in [1.29, 1.82) is 0 Å². The van der Waals surface area contributed by atoms with Gasteiger partial charge in [0.1, 0.15) is 0 Å². The number of hydrogen-bond donors (Lipinski definition) is 4. The Morgan fingerprint density at radius 1 is 1.21 bits per heavy atom. The number of allylic oxidation sites excluding steroid dienone is 2. The molecule has 1 aliphatic carbocycles. The van der Waals surface area contributed by atoms with E-state index in [2.05, 4.69) is 13.0 Å². The van der Waals surface area contributed by atoms with Gasteiger partial charge in [-0.25, -0.2) is 0 Å². The number of ether oxygens (including phenoxy) is 1. The summed E-state index contributed by atoms with van der Waals surface area (Å²) in [5.74, 6) is -0.870. The zero-order valence-electron chi connectivity index (χ0n) is 17.8. The lowest BCUT2D eigenvalue weighted by Gasteiger charge is -2.20. The first-order chi connectivity index (χ1) is 14.0. The molecule has 5 atom stereocenters. The van der Waals surface area contributed by atoms with Crippen molar-refractivity contribution >= 4 is 5.97 Å². The summed E-state index contributed by atoms with van der Waals surface area (Å²) >= 11 is 0. The number of aliphatic hydroxyl groups is 3. The summed E-state index contributed by atoms with van der Waals surface area (Å²) < 4.78 is 5.15. The summed E-state index contributed by atoms with van der Waals surface area (Å²) in [6.45, 7) is 2.27. The van der Waals surface area contributed by atoms with Crippen LogP contribution in [0.2, 0.25) is 0 Å². The molecule has 168 valence electrons. The van der Waals surface area contributed by atoms with E-state index in [1.54, 1.807) is 0 Å². The van der Waals surface area contributed by atoms with E-state index in [4.69, 9.17) is 9.84 Å². The van der Waals surface area contributed by atoms with Crippen LogP contribution in [0.1, 0.15) is 64.7 Å². The molecule has 1 saturated carbocycles. The summed E-state index contributed by atoms with van der Waals surface area (Å²) in [6.07, 6.45) is 14.7. The normalized spacial score (nSPS) is 24.5. The molecule has 0 aliphatic heterocycles. The third-order valence-corrected chi connectivity index (χ3v) is 5.69. The predicted octanol–water partition coefficient (Wildman–Crippen LogP) is 3.31. The number of aliphatic carboxylic acids is 1. The molecule has 1 rings (SSSR count). The monoisotopic (exact) mass is 412 g/mol. The fourth-order valence-corrected chi connectivity index (χ4v) is 3.99. The molecule has 0 aromatic carbocycles. The van der Waals surface area contributed by atoms with Crippen LogP contribution < -0.4 is 0 Å². The zero-order valence-corrected chi connectivity index (χ0v) is 17.8. The Morgan fingerprint density at radius 3 is 2.69 bits per heavy atom. The van der Waals surface area contributed by atoms with Crippen molar-refractivity contribution < 1.29 is 30.0 Å². The second-order valence-electron chi connectivity index (χ2n) is 8.01. The van der Waals surface area contributed by atoms with Gasteiger partial charge in [0, 0.05) is 0 Å². The number of unbranched alkanes of at least 4 members (excludes halogenated alkanes) is 2. The molecule has 0 amide bonds. The van der Waals surface area contributed by atoms with Crippen molar-refractivity contribution in [2.75, 3.05) is 19.8 Å². The Morgan fingerprint density at radius 2 is 2.00 bits per heavy atom. The van der Waals surface area contributed by atoms with Crippen LogP contribution in [0.25, 0.3) is 0 Å². The van der Waals surface area contributed by atoms with Crippen molar-refractivity contribution in [2.24, 2.45) is 17.8 Å². The van der Waals surface area contributed by atoms with E-state index >= 15 is 0 Å². The minimum Gasteiger partial charge on any atom is -0.481 e. The first kappa shape index (κ1) is 25.8. The highest BCUT2D eigenvalue weighted by molar-refractivity contribution is 5.70. The van der Waals surface area contributed by atoms with Gasteiger partial charge in [0.05, 0.1) is 37.9 Å². The first-order valence-corrected chi connectivity index (χ1v) is 11.1. The Bertz CT molecular complexity index is 490. The van der Waals surface area contributed by atoms with Crippen LogP contribution in [-0.2, 0) is 9.53 Å². The largest absolute Gasteiger partial charge is 0.481 e. The molecule has 0 bridgehead atoms. The summed E-state index contributed by atoms with van der Waals surface area (Å²) in [5, 5.41) is 38.3. The van der Waals surface area contributed by atoms with Crippen LogP contribution in [-0.4, -0.2) is 58.4 Å². The van der Waals surface area contributed by atoms with E-state index in [9.17, 15) is 20.1 Å². The highest BCUT2D eigenvalue weighted by atomic mass is 16.5. The highest BCUT2D eigenvalue weighted by Gasteiger charge is 2.32. The molecular weight excluding hydrogens is 372 g/mol. The Kier molecular flexibility index (Phi) is 13.9. The van der Waals surface area contributed by atoms with E-state index in [1.165, 1.54) is 0 Å². The van der Waals surface area contributed by atoms with Gasteiger partial charge in [0.2, 0.25) is 0 Å². The lowest BCUT2D eigenvalue weighted by atomic mass is 9.88. The molecule has 4 N–H and O–H groups in total. The Labute approximate surface area is 175 Å². The van der Waals surface area contributed by atoms with Crippen LogP contribution in [0, 0.1) is 17.8 Å². The van der Waals surface area contributed by atoms with Crippen LogP contribution in [0.3, 0.4) is 0 Å². The molecule has 29 heavy (non-hydrogen) atoms. The SMILES string of the molecule is CCC=CCC(O)C=C[C@H]1CC[C@H](O)[C@@H]1CCCCCC(COCCO)C(=O)O. The maximum Gasteiger partial charge on any atom is 0.308 e. The van der Waals surface area contributed by atoms with Crippen LogP contribution >= 0.6 is 0 Å². The van der Waals surface area contributed by atoms with Gasteiger partial charge in [0.25, 0.3) is 0 Å². The van der Waals surface area contributed by atoms with Crippen molar-refractivity contribution in [2.45, 2.75) is 76.9 Å². The van der Waals surface area contributed by atoms with E-state index in [0.717, 1.165) is 44.9 Å². The van der Waals surface area contributed by atoms with Gasteiger partial charge in [-0.1, -0.05) is 50.5 Å². The van der Waals surface area contributed by atoms with E-state index < -0.39 is 18.0 Å². The van der Waals surface area contributed by atoms with Gasteiger partial charge in [-0.2, -0.15) is 0 Å². The number of carboxylic acids is 1. The molecule has 0 spiro atoms. The minimum absolute atomic E-state index is 0.0991. The number of aliphatic hydroxyl groups excluding tert-OH is 3. The summed E-state index contributed by atoms with van der Waals surface area (Å²) in [4.78, 5) is 11.3. The summed E-state index contributed by atoms with van der Waals surface area (Å²) in [5.41, 5.74) is 0. The van der Waals surface area contributed by atoms with Gasteiger partial charge in [-0.3, -0.25) is 4.79 Å². The molecule has 0 radical (unpaired) electrons. The summed E-state index contributed by atoms with van der Waals surface area (Å²) in [6, 6.07) is 0. The summed E-state index contributed by atoms with van der Waals surface area (Å²) in [7, 11) is 0. The standard InChI is InChI=1S/C23H40O6/c1-2-3-5-9-20(25)13-11-18-12-14-22(26)21(18)10-7-4-6-8-19(23(27)28)17-29-16-15-24/h3,5,11,13,18-22,24-26H,2,4,6-10,12,14-17H2,1H3,(H,27,28)/t18-,19?,20?,21+,22-/m0/s1. The number of hydrogen-bond acceptors (Lipinski definition) is 5. The zero-order chi connectivity index (χ0) is 21.5. The predicted molar refractivity (Wildman–Crippen MR) is 114 cm³/mol. The van der Waals surface area contributed by atoms with Crippen LogP contribution in [0.15, 0.2) is 24.3 Å². The maximum atomic E-state index is 11.3. The lowest BCUT2D eigenvalue weighted by Crippen LogP contribution is -2.21. The fraction of sp³-hybridized carbons (Fsp3) is 0.783. The number of rotatable bonds is 16. The van der Waals surface area contributed by atoms with Crippen molar-refractivity contribution in [1.82, 2.24) is 0 Å². The minimum atomic E-state index is -0.855. The average molecular weight is 413 g/mol. The third kappa shape index (κ3) is 10.9. The maximum absolute atomic E-state index is 11.3. The average Bonchev–Trinajstić information content (AvgIpc) is 3.04. The van der Waals surface area contributed by atoms with Gasteiger partial charge in [0.15, 0.2) is 0 Å². The molecular formula is C23H40O6. The molecule has 0 aromatic heterocycles. The van der Waals surface area contributed by atoms with E-state index in [1.807, 2.05) is 18.2 Å². The Hall–Kier alpha value is -1.21. The topological polar surface area (TPSA) is 107 Å². The molecule has 0 aromatic rings. The molecule has 0 heterocycles. The van der Waals surface area contributed by atoms with E-state index in [0.29, 0.717) is 18.8 Å². The van der Waals surface area contributed by atoms with Crippen LogP contribution in [0.4, 0.5) is 0 Å². The molecule has 1 aliphatic rings. The van der Waals surface area contributed by atoms with Crippen molar-refractivity contribution in [3.8, 4) is 0 Å². The smallest absolute Gasteiger partial charge is 0.308 e. The molecule has 6 nitrogen and oxygen atoms in total. The second kappa shape index (κ2) is 15.6. The molecule has 6 heteroatoms. The van der Waals surface area contributed by atoms with Gasteiger partial charge in [-0.15, -0.1) is 0 Å². The van der Waals surface area contributed by atoms with Gasteiger partial charge in [-0.05, 0) is 50.4 Å². The fourth-order valence-electron chi connectivity index (χ4n) is 3.99. The first-order valence-electron chi connectivity index (χ1n) is 11.1. The molecule has 2 unspecified atom stereocenters. The Balaban J connectivity index is 2.33. The van der Waals surface area contributed by atoms with Gasteiger partial charge >= 0.3 is 5.97 Å². The lowest BCUT2D eigenvalue weighted by molar-refractivity contribution is -0.144. The number of carbonyl (C=O) groups is 1. The van der Waals surface area contributed by atoms with E-state index in [-0.39, 0.29) is 31.8 Å². The van der Waals surface area contributed by atoms with Crippen molar-refractivity contribution in [3.05, 3.63) is 24.3 Å². The molecule has 1 fully saturated rings.